The van der Waals surface area contributed by atoms with E-state index in [0.29, 0.717) is 12.0 Å². The molecule has 0 bridgehead atoms. The quantitative estimate of drug-likeness (QED) is 0.931. The van der Waals surface area contributed by atoms with Crippen LogP contribution in [0, 0.1) is 5.92 Å². The number of rotatable bonds is 4. The zero-order chi connectivity index (χ0) is 16.4. The summed E-state index contributed by atoms with van der Waals surface area (Å²) in [6, 6.07) is 9.53. The lowest BCUT2D eigenvalue weighted by molar-refractivity contribution is 0.423. The molecule has 1 fully saturated rings. The van der Waals surface area contributed by atoms with Gasteiger partial charge in [-0.15, -0.1) is 0 Å². The van der Waals surface area contributed by atoms with Crippen molar-refractivity contribution < 1.29 is 0 Å². The summed E-state index contributed by atoms with van der Waals surface area (Å²) in [5.41, 5.74) is 10.8. The van der Waals surface area contributed by atoms with E-state index in [1.807, 2.05) is 18.5 Å². The van der Waals surface area contributed by atoms with Crippen molar-refractivity contribution in [2.24, 2.45) is 11.7 Å². The summed E-state index contributed by atoms with van der Waals surface area (Å²) in [5, 5.41) is 0. The molecule has 24 heavy (non-hydrogen) atoms. The average molecular weight is 321 g/mol. The van der Waals surface area contributed by atoms with E-state index in [1.165, 1.54) is 50.5 Å². The number of aromatic nitrogens is 2. The maximum absolute atomic E-state index is 6.09. The Balaban J connectivity index is 1.38. The van der Waals surface area contributed by atoms with Crippen LogP contribution in [0.3, 0.4) is 0 Å². The third-order valence-electron chi connectivity index (χ3n) is 5.90. The first-order valence-electron chi connectivity index (χ1n) is 9.41. The van der Waals surface area contributed by atoms with E-state index in [-0.39, 0.29) is 0 Å². The molecule has 2 aliphatic rings. The van der Waals surface area contributed by atoms with Crippen molar-refractivity contribution in [1.29, 1.82) is 0 Å². The molecule has 3 nitrogen and oxygen atoms in total. The van der Waals surface area contributed by atoms with Crippen molar-refractivity contribution in [1.82, 2.24) is 9.97 Å². The van der Waals surface area contributed by atoms with Gasteiger partial charge in [-0.05, 0) is 79.5 Å². The van der Waals surface area contributed by atoms with Gasteiger partial charge in [-0.2, -0.15) is 0 Å². The van der Waals surface area contributed by atoms with E-state index >= 15 is 0 Å². The Morgan fingerprint density at radius 1 is 1.04 bits per heavy atom. The lowest BCUT2D eigenvalue weighted by Crippen LogP contribution is -2.16. The lowest BCUT2D eigenvalue weighted by atomic mass is 9.80. The molecule has 2 N–H and O–H groups in total. The Bertz CT molecular complexity index is 683. The lowest BCUT2D eigenvalue weighted by Gasteiger charge is -2.25. The van der Waals surface area contributed by atoms with Gasteiger partial charge in [0.2, 0.25) is 0 Å². The molecule has 2 aromatic rings. The van der Waals surface area contributed by atoms with Gasteiger partial charge in [-0.1, -0.05) is 18.2 Å². The largest absolute Gasteiger partial charge is 0.328 e. The Labute approximate surface area is 144 Å². The molecule has 0 saturated heterocycles. The van der Waals surface area contributed by atoms with Crippen molar-refractivity contribution >= 4 is 0 Å². The second-order valence-corrected chi connectivity index (χ2v) is 7.61. The van der Waals surface area contributed by atoms with Gasteiger partial charge < -0.3 is 5.73 Å². The van der Waals surface area contributed by atoms with Crippen LogP contribution < -0.4 is 5.73 Å². The molecular formula is C21H27N3. The summed E-state index contributed by atoms with van der Waals surface area (Å²) in [7, 11) is 0. The molecule has 1 aromatic carbocycles. The monoisotopic (exact) mass is 321 g/mol. The predicted molar refractivity (Wildman–Crippen MR) is 96.9 cm³/mol. The van der Waals surface area contributed by atoms with Crippen LogP contribution >= 0.6 is 0 Å². The van der Waals surface area contributed by atoms with Gasteiger partial charge in [-0.25, -0.2) is 9.97 Å². The van der Waals surface area contributed by atoms with Gasteiger partial charge in [-0.3, -0.25) is 0 Å². The fourth-order valence-electron chi connectivity index (χ4n) is 4.46. The predicted octanol–water partition coefficient (Wildman–Crippen LogP) is 3.81. The van der Waals surface area contributed by atoms with Gasteiger partial charge in [0.1, 0.15) is 5.82 Å². The third-order valence-corrected chi connectivity index (χ3v) is 5.90. The standard InChI is InChI=1S/C21H27N3/c22-20-8-7-19(14-20)18-6-5-16-12-15(2-4-17(16)13-18)3-9-21-23-10-1-11-24-21/h1,5-6,10-11,13,15,19-20H,2-4,7-9,12,14,22H2/t15-,19?,20?/m1/s1. The highest BCUT2D eigenvalue weighted by atomic mass is 14.8. The number of benzene rings is 1. The normalized spacial score (nSPS) is 26.3. The fourth-order valence-corrected chi connectivity index (χ4v) is 4.46. The average Bonchev–Trinajstić information content (AvgIpc) is 3.07. The number of fused-ring (bicyclic) bond motifs is 1. The number of aryl methyl sites for hydroxylation is 2. The van der Waals surface area contributed by atoms with E-state index in [2.05, 4.69) is 28.2 Å². The number of nitrogens with two attached hydrogens (primary N) is 1. The molecule has 0 spiro atoms. The van der Waals surface area contributed by atoms with E-state index in [9.17, 15) is 0 Å². The molecule has 2 aliphatic carbocycles. The fraction of sp³-hybridized carbons (Fsp3) is 0.524. The number of nitrogens with zero attached hydrogens (tertiary/aromatic N) is 2. The van der Waals surface area contributed by atoms with Crippen molar-refractivity contribution in [3.8, 4) is 0 Å². The second kappa shape index (κ2) is 7.02. The molecule has 1 saturated carbocycles. The maximum Gasteiger partial charge on any atom is 0.128 e. The van der Waals surface area contributed by atoms with E-state index in [1.54, 1.807) is 11.1 Å². The minimum Gasteiger partial charge on any atom is -0.328 e. The van der Waals surface area contributed by atoms with Crippen LogP contribution in [0.15, 0.2) is 36.7 Å². The minimum atomic E-state index is 0.413. The molecule has 3 heteroatoms. The Morgan fingerprint density at radius 2 is 1.92 bits per heavy atom. The van der Waals surface area contributed by atoms with Crippen molar-refractivity contribution in [3.05, 3.63) is 59.2 Å². The summed E-state index contributed by atoms with van der Waals surface area (Å²) in [5.74, 6) is 2.45. The SMILES string of the molecule is NC1CCC(c2ccc3c(c2)CC[C@H](CCc2ncccn2)C3)C1. The highest BCUT2D eigenvalue weighted by Gasteiger charge is 2.25. The molecule has 126 valence electrons. The van der Waals surface area contributed by atoms with Gasteiger partial charge in [0.05, 0.1) is 0 Å². The van der Waals surface area contributed by atoms with E-state index in [0.717, 1.165) is 18.2 Å². The number of hydrogen-bond donors (Lipinski definition) is 1. The van der Waals surface area contributed by atoms with Crippen LogP contribution in [-0.4, -0.2) is 16.0 Å². The Hall–Kier alpha value is -1.74. The maximum atomic E-state index is 6.09. The van der Waals surface area contributed by atoms with E-state index < -0.39 is 0 Å². The summed E-state index contributed by atoms with van der Waals surface area (Å²) >= 11 is 0. The first-order chi connectivity index (χ1) is 11.8. The van der Waals surface area contributed by atoms with Crippen molar-refractivity contribution in [2.45, 2.75) is 63.3 Å². The molecule has 0 amide bonds. The highest BCUT2D eigenvalue weighted by Crippen LogP contribution is 2.36. The Morgan fingerprint density at radius 3 is 2.71 bits per heavy atom. The summed E-state index contributed by atoms with van der Waals surface area (Å²) < 4.78 is 0. The number of hydrogen-bond acceptors (Lipinski definition) is 3. The van der Waals surface area contributed by atoms with Gasteiger partial charge in [0.15, 0.2) is 0 Å². The summed E-state index contributed by atoms with van der Waals surface area (Å²) in [6.07, 6.45) is 13.2. The zero-order valence-electron chi connectivity index (χ0n) is 14.3. The van der Waals surface area contributed by atoms with Crippen LogP contribution in [-0.2, 0) is 19.3 Å². The molecule has 1 aromatic heterocycles. The molecular weight excluding hydrogens is 294 g/mol. The smallest absolute Gasteiger partial charge is 0.128 e. The minimum absolute atomic E-state index is 0.413. The first-order valence-corrected chi connectivity index (χ1v) is 9.41. The molecule has 2 unspecified atom stereocenters. The first kappa shape index (κ1) is 15.8. The second-order valence-electron chi connectivity index (χ2n) is 7.61. The van der Waals surface area contributed by atoms with Gasteiger partial charge in [0, 0.05) is 24.9 Å². The van der Waals surface area contributed by atoms with Gasteiger partial charge >= 0.3 is 0 Å². The van der Waals surface area contributed by atoms with Crippen molar-refractivity contribution in [2.75, 3.05) is 0 Å². The summed E-state index contributed by atoms with van der Waals surface area (Å²) in [4.78, 5) is 8.70. The highest BCUT2D eigenvalue weighted by molar-refractivity contribution is 5.36. The topological polar surface area (TPSA) is 51.8 Å². The van der Waals surface area contributed by atoms with E-state index in [4.69, 9.17) is 5.73 Å². The third kappa shape index (κ3) is 3.51. The van der Waals surface area contributed by atoms with Crippen molar-refractivity contribution in [3.63, 3.8) is 0 Å². The molecule has 1 heterocycles. The van der Waals surface area contributed by atoms with Crippen LogP contribution in [0.25, 0.3) is 0 Å². The Kier molecular flexibility index (Phi) is 4.61. The van der Waals surface area contributed by atoms with Crippen LogP contribution in [0.4, 0.5) is 0 Å². The molecule has 4 rings (SSSR count). The van der Waals surface area contributed by atoms with Crippen LogP contribution in [0.2, 0.25) is 0 Å². The van der Waals surface area contributed by atoms with Gasteiger partial charge in [0.25, 0.3) is 0 Å². The molecule has 0 aliphatic heterocycles. The molecule has 3 atom stereocenters. The van der Waals surface area contributed by atoms with Crippen LogP contribution in [0.1, 0.15) is 60.5 Å². The summed E-state index contributed by atoms with van der Waals surface area (Å²) in [6.45, 7) is 0. The van der Waals surface area contributed by atoms with Crippen LogP contribution in [0.5, 0.6) is 0 Å². The zero-order valence-corrected chi connectivity index (χ0v) is 14.3. The molecule has 0 radical (unpaired) electrons.